The third-order valence-electron chi connectivity index (χ3n) is 1.94. The lowest BCUT2D eigenvalue weighted by Crippen LogP contribution is -1.98. The molecule has 0 spiro atoms. The Balaban J connectivity index is 2.21. The Labute approximate surface area is 92.8 Å². The lowest BCUT2D eigenvalue weighted by Gasteiger charge is -2.03. The van der Waals surface area contributed by atoms with Gasteiger partial charge in [0, 0.05) is 11.9 Å². The highest BCUT2D eigenvalue weighted by Crippen LogP contribution is 2.11. The van der Waals surface area contributed by atoms with Crippen molar-refractivity contribution in [2.75, 3.05) is 5.32 Å². The van der Waals surface area contributed by atoms with E-state index in [9.17, 15) is 0 Å². The predicted molar refractivity (Wildman–Crippen MR) is 59.0 cm³/mol. The van der Waals surface area contributed by atoms with Crippen molar-refractivity contribution in [2.45, 2.75) is 6.92 Å². The normalized spacial score (nSPS) is 9.50. The molecule has 0 unspecified atom stereocenters. The van der Waals surface area contributed by atoms with E-state index in [0.717, 1.165) is 11.4 Å². The van der Waals surface area contributed by atoms with Crippen LogP contribution in [0, 0.1) is 18.3 Å². The van der Waals surface area contributed by atoms with Gasteiger partial charge in [-0.25, -0.2) is 9.97 Å². The molecular weight excluding hydrogens is 202 g/mol. The molecule has 0 aliphatic carbocycles. The first-order valence-corrected chi connectivity index (χ1v) is 4.71. The largest absolute Gasteiger partial charge is 0.323 e. The van der Waals surface area contributed by atoms with E-state index in [-0.39, 0.29) is 0 Å². The molecule has 0 aliphatic heterocycles. The van der Waals surface area contributed by atoms with E-state index in [1.807, 2.05) is 25.1 Å². The smallest absolute Gasteiger partial charge is 0.228 e. The Morgan fingerprint density at radius 1 is 1.25 bits per heavy atom. The molecule has 2 heterocycles. The second-order valence-electron chi connectivity index (χ2n) is 3.19. The Morgan fingerprint density at radius 2 is 2.12 bits per heavy atom. The number of nitriles is 1. The second-order valence-corrected chi connectivity index (χ2v) is 3.19. The van der Waals surface area contributed by atoms with Crippen molar-refractivity contribution in [1.82, 2.24) is 15.0 Å². The summed E-state index contributed by atoms with van der Waals surface area (Å²) in [5.74, 6) is 0.393. The average molecular weight is 211 g/mol. The van der Waals surface area contributed by atoms with Gasteiger partial charge in [-0.05, 0) is 25.1 Å². The quantitative estimate of drug-likeness (QED) is 0.819. The van der Waals surface area contributed by atoms with Gasteiger partial charge in [-0.15, -0.1) is 0 Å². The topological polar surface area (TPSA) is 74.5 Å². The molecule has 5 heteroatoms. The number of aromatic nitrogens is 3. The number of hydrogen-bond acceptors (Lipinski definition) is 5. The number of pyridine rings is 1. The average Bonchev–Trinajstić information content (AvgIpc) is 2.32. The van der Waals surface area contributed by atoms with Crippen LogP contribution in [0.3, 0.4) is 0 Å². The van der Waals surface area contributed by atoms with Crippen LogP contribution in [-0.2, 0) is 0 Å². The Morgan fingerprint density at radius 3 is 2.81 bits per heavy atom. The van der Waals surface area contributed by atoms with Gasteiger partial charge in [0.05, 0.1) is 11.9 Å². The molecule has 0 aromatic carbocycles. The van der Waals surface area contributed by atoms with Crippen molar-refractivity contribution in [3.05, 3.63) is 42.0 Å². The molecule has 0 saturated heterocycles. The van der Waals surface area contributed by atoms with E-state index in [1.165, 1.54) is 6.20 Å². The highest BCUT2D eigenvalue weighted by atomic mass is 15.1. The van der Waals surface area contributed by atoms with E-state index in [4.69, 9.17) is 5.26 Å². The SMILES string of the molecule is Cc1ccc(Nc2nccc(C#N)n2)cn1. The molecule has 2 rings (SSSR count). The van der Waals surface area contributed by atoms with Gasteiger partial charge >= 0.3 is 0 Å². The highest BCUT2D eigenvalue weighted by Gasteiger charge is 1.99. The van der Waals surface area contributed by atoms with Gasteiger partial charge in [0.15, 0.2) is 0 Å². The summed E-state index contributed by atoms with van der Waals surface area (Å²) in [4.78, 5) is 12.1. The first-order valence-electron chi connectivity index (χ1n) is 4.71. The Hall–Kier alpha value is -2.48. The summed E-state index contributed by atoms with van der Waals surface area (Å²) in [6.45, 7) is 1.91. The van der Waals surface area contributed by atoms with Crippen molar-refractivity contribution in [3.63, 3.8) is 0 Å². The standard InChI is InChI=1S/C11H9N5/c1-8-2-3-10(7-14-8)16-11-13-5-4-9(6-12)15-11/h2-5,7H,1H3,(H,13,15,16). The van der Waals surface area contributed by atoms with Gasteiger partial charge in [-0.3, -0.25) is 4.98 Å². The van der Waals surface area contributed by atoms with Crippen LogP contribution >= 0.6 is 0 Å². The number of anilines is 2. The summed E-state index contributed by atoms with van der Waals surface area (Å²) in [5, 5.41) is 11.7. The third kappa shape index (κ3) is 2.30. The number of rotatable bonds is 2. The Bertz CT molecular complexity index is 527. The van der Waals surface area contributed by atoms with Crippen LogP contribution in [0.4, 0.5) is 11.6 Å². The van der Waals surface area contributed by atoms with Crippen LogP contribution in [0.25, 0.3) is 0 Å². The molecule has 0 amide bonds. The minimum absolute atomic E-state index is 0.331. The number of aryl methyl sites for hydroxylation is 1. The van der Waals surface area contributed by atoms with E-state index in [2.05, 4.69) is 20.3 Å². The van der Waals surface area contributed by atoms with Gasteiger partial charge < -0.3 is 5.32 Å². The van der Waals surface area contributed by atoms with Gasteiger partial charge in [0.25, 0.3) is 0 Å². The summed E-state index contributed by atoms with van der Waals surface area (Å²) >= 11 is 0. The molecule has 0 fully saturated rings. The number of nitrogens with zero attached hydrogens (tertiary/aromatic N) is 4. The lowest BCUT2D eigenvalue weighted by atomic mass is 10.3. The zero-order chi connectivity index (χ0) is 11.4. The molecule has 1 N–H and O–H groups in total. The molecule has 0 radical (unpaired) electrons. The zero-order valence-corrected chi connectivity index (χ0v) is 8.68. The van der Waals surface area contributed by atoms with Crippen molar-refractivity contribution in [2.24, 2.45) is 0 Å². The van der Waals surface area contributed by atoms with Crippen LogP contribution in [0.15, 0.2) is 30.6 Å². The van der Waals surface area contributed by atoms with Gasteiger partial charge in [-0.1, -0.05) is 0 Å². The first kappa shape index (κ1) is 10.1. The summed E-state index contributed by atoms with van der Waals surface area (Å²) in [6, 6.07) is 7.27. The maximum atomic E-state index is 8.68. The van der Waals surface area contributed by atoms with Crippen molar-refractivity contribution < 1.29 is 0 Å². The van der Waals surface area contributed by atoms with Crippen LogP contribution in [-0.4, -0.2) is 15.0 Å². The molecule has 0 aliphatic rings. The molecule has 0 saturated carbocycles. The molecule has 2 aromatic rings. The second kappa shape index (κ2) is 4.36. The summed E-state index contributed by atoms with van der Waals surface area (Å²) in [7, 11) is 0. The van der Waals surface area contributed by atoms with Crippen LogP contribution in [0.1, 0.15) is 11.4 Å². The molecule has 2 aromatic heterocycles. The summed E-state index contributed by atoms with van der Waals surface area (Å²) in [6.07, 6.45) is 3.23. The van der Waals surface area contributed by atoms with Crippen LogP contribution < -0.4 is 5.32 Å². The van der Waals surface area contributed by atoms with Crippen LogP contribution in [0.5, 0.6) is 0 Å². The monoisotopic (exact) mass is 211 g/mol. The molecule has 0 atom stereocenters. The fraction of sp³-hybridized carbons (Fsp3) is 0.0909. The number of nitrogens with one attached hydrogen (secondary N) is 1. The molecule has 5 nitrogen and oxygen atoms in total. The fourth-order valence-electron chi connectivity index (χ4n) is 1.15. The molecule has 16 heavy (non-hydrogen) atoms. The Kier molecular flexibility index (Phi) is 2.74. The maximum Gasteiger partial charge on any atom is 0.228 e. The maximum absolute atomic E-state index is 8.68. The van der Waals surface area contributed by atoms with E-state index in [1.54, 1.807) is 12.3 Å². The highest BCUT2D eigenvalue weighted by molar-refractivity contribution is 5.51. The molecular formula is C11H9N5. The lowest BCUT2D eigenvalue weighted by molar-refractivity contribution is 1.13. The summed E-state index contributed by atoms with van der Waals surface area (Å²) in [5.41, 5.74) is 2.07. The van der Waals surface area contributed by atoms with Gasteiger partial charge in [-0.2, -0.15) is 5.26 Å². The predicted octanol–water partition coefficient (Wildman–Crippen LogP) is 1.80. The zero-order valence-electron chi connectivity index (χ0n) is 8.68. The van der Waals surface area contributed by atoms with Crippen LogP contribution in [0.2, 0.25) is 0 Å². The minimum Gasteiger partial charge on any atom is -0.323 e. The van der Waals surface area contributed by atoms with Gasteiger partial charge in [0.2, 0.25) is 5.95 Å². The summed E-state index contributed by atoms with van der Waals surface area (Å²) < 4.78 is 0. The third-order valence-corrected chi connectivity index (χ3v) is 1.94. The molecule has 0 bridgehead atoms. The minimum atomic E-state index is 0.331. The van der Waals surface area contributed by atoms with Crippen molar-refractivity contribution in [1.29, 1.82) is 5.26 Å². The van der Waals surface area contributed by atoms with Gasteiger partial charge in [0.1, 0.15) is 11.8 Å². The first-order chi connectivity index (χ1) is 7.78. The fourth-order valence-corrected chi connectivity index (χ4v) is 1.15. The van der Waals surface area contributed by atoms with E-state index in [0.29, 0.717) is 11.6 Å². The van der Waals surface area contributed by atoms with E-state index < -0.39 is 0 Å². The molecule has 78 valence electrons. The number of hydrogen-bond donors (Lipinski definition) is 1. The van der Waals surface area contributed by atoms with Crippen molar-refractivity contribution >= 4 is 11.6 Å². The van der Waals surface area contributed by atoms with E-state index >= 15 is 0 Å². The van der Waals surface area contributed by atoms with Crippen molar-refractivity contribution in [3.8, 4) is 6.07 Å².